The number of hydrogen-bond acceptors (Lipinski definition) is 2. The molecule has 0 amide bonds. The van der Waals surface area contributed by atoms with Gasteiger partial charge in [-0.15, -0.1) is 6.42 Å². The minimum Gasteiger partial charge on any atom is -0.301 e. The third kappa shape index (κ3) is 3.50. The first-order chi connectivity index (χ1) is 6.26. The molecular weight excluding hydrogens is 182 g/mol. The summed E-state index contributed by atoms with van der Waals surface area (Å²) >= 11 is 0. The highest BCUT2D eigenvalue weighted by Gasteiger charge is 2.18. The predicted molar refractivity (Wildman–Crippen MR) is 56.9 cm³/mol. The Morgan fingerprint density at radius 3 is 2.69 bits per heavy atom. The van der Waals surface area contributed by atoms with Gasteiger partial charge in [0.1, 0.15) is 0 Å². The summed E-state index contributed by atoms with van der Waals surface area (Å²) in [6.07, 6.45) is 8.33. The Kier molecular flexibility index (Phi) is 4.47. The minimum atomic E-state index is -0.571. The molecule has 0 radical (unpaired) electrons. The first kappa shape index (κ1) is 10.7. The van der Waals surface area contributed by atoms with Crippen LogP contribution in [0.3, 0.4) is 0 Å². The van der Waals surface area contributed by atoms with Crippen molar-refractivity contribution in [2.75, 3.05) is 11.5 Å². The molecular formula is C10H17NOS. The van der Waals surface area contributed by atoms with Crippen LogP contribution in [0.5, 0.6) is 0 Å². The zero-order chi connectivity index (χ0) is 9.68. The normalized spacial score (nSPS) is 30.8. The van der Waals surface area contributed by atoms with Crippen molar-refractivity contribution in [3.63, 3.8) is 0 Å². The average molecular weight is 199 g/mol. The van der Waals surface area contributed by atoms with Gasteiger partial charge in [-0.1, -0.05) is 12.8 Å². The molecule has 2 nitrogen and oxygen atoms in total. The summed E-state index contributed by atoms with van der Waals surface area (Å²) in [4.78, 5) is 0. The summed E-state index contributed by atoms with van der Waals surface area (Å²) in [7, 11) is -0.571. The van der Waals surface area contributed by atoms with Crippen LogP contribution in [0.1, 0.15) is 26.2 Å². The van der Waals surface area contributed by atoms with Crippen LogP contribution in [0.4, 0.5) is 0 Å². The molecule has 0 saturated carbocycles. The summed E-state index contributed by atoms with van der Waals surface area (Å²) in [6, 6.07) is 0.676. The van der Waals surface area contributed by atoms with E-state index >= 15 is 0 Å². The summed E-state index contributed by atoms with van der Waals surface area (Å²) in [6.45, 7) is 2.08. The fourth-order valence-electron chi connectivity index (χ4n) is 1.53. The standard InChI is InChI=1S/C10H17NOS/c1-3-9(4-2)11-10-5-7-13(12)8-6-10/h1,9-11H,4-8H2,2H3. The maximum atomic E-state index is 11.1. The molecule has 0 aromatic carbocycles. The molecule has 1 atom stereocenters. The van der Waals surface area contributed by atoms with Crippen LogP contribution in [0.2, 0.25) is 0 Å². The van der Waals surface area contributed by atoms with Crippen LogP contribution in [0.25, 0.3) is 0 Å². The first-order valence-electron chi connectivity index (χ1n) is 4.83. The van der Waals surface area contributed by atoms with Crippen LogP contribution in [-0.4, -0.2) is 27.8 Å². The van der Waals surface area contributed by atoms with Crippen molar-refractivity contribution in [1.82, 2.24) is 5.32 Å². The van der Waals surface area contributed by atoms with Crippen molar-refractivity contribution in [2.24, 2.45) is 0 Å². The van der Waals surface area contributed by atoms with Crippen molar-refractivity contribution >= 4 is 10.8 Å². The summed E-state index contributed by atoms with van der Waals surface area (Å²) in [5, 5.41) is 3.41. The van der Waals surface area contributed by atoms with Gasteiger partial charge >= 0.3 is 0 Å². The van der Waals surface area contributed by atoms with Gasteiger partial charge in [-0.3, -0.25) is 4.21 Å². The van der Waals surface area contributed by atoms with Crippen molar-refractivity contribution in [3.8, 4) is 12.3 Å². The lowest BCUT2D eigenvalue weighted by Crippen LogP contribution is -2.41. The third-order valence-corrected chi connectivity index (χ3v) is 3.82. The van der Waals surface area contributed by atoms with Crippen LogP contribution in [0, 0.1) is 12.3 Å². The quantitative estimate of drug-likeness (QED) is 0.684. The van der Waals surface area contributed by atoms with Crippen LogP contribution in [-0.2, 0) is 10.8 Å². The Morgan fingerprint density at radius 1 is 1.62 bits per heavy atom. The lowest BCUT2D eigenvalue weighted by atomic mass is 10.1. The van der Waals surface area contributed by atoms with Crippen molar-refractivity contribution in [1.29, 1.82) is 0 Å². The average Bonchev–Trinajstić information content (AvgIpc) is 2.17. The largest absolute Gasteiger partial charge is 0.301 e. The zero-order valence-corrected chi connectivity index (χ0v) is 8.90. The summed E-state index contributed by atoms with van der Waals surface area (Å²) in [5.74, 6) is 4.39. The molecule has 1 rings (SSSR count). The van der Waals surface area contributed by atoms with Gasteiger partial charge in [-0.05, 0) is 19.3 Å². The van der Waals surface area contributed by atoms with Gasteiger partial charge in [0.05, 0.1) is 6.04 Å². The van der Waals surface area contributed by atoms with E-state index in [1.165, 1.54) is 0 Å². The second kappa shape index (κ2) is 5.41. The minimum absolute atomic E-state index is 0.191. The maximum absolute atomic E-state index is 11.1. The lowest BCUT2D eigenvalue weighted by molar-refractivity contribution is 0.440. The molecule has 0 aliphatic carbocycles. The van der Waals surface area contributed by atoms with Crippen molar-refractivity contribution in [2.45, 2.75) is 38.3 Å². The lowest BCUT2D eigenvalue weighted by Gasteiger charge is -2.25. The molecule has 0 bridgehead atoms. The summed E-state index contributed by atoms with van der Waals surface area (Å²) < 4.78 is 11.1. The smallest absolute Gasteiger partial charge is 0.0686 e. The molecule has 1 heterocycles. The van der Waals surface area contributed by atoms with Gasteiger partial charge in [-0.2, -0.15) is 0 Å². The Morgan fingerprint density at radius 2 is 2.23 bits per heavy atom. The van der Waals surface area contributed by atoms with Gasteiger partial charge in [0.25, 0.3) is 0 Å². The molecule has 0 spiro atoms. The predicted octanol–water partition coefficient (Wildman–Crippen LogP) is 0.899. The Bertz CT molecular complexity index is 211. The Balaban J connectivity index is 2.30. The van der Waals surface area contributed by atoms with Crippen LogP contribution >= 0.6 is 0 Å². The number of hydrogen-bond donors (Lipinski definition) is 1. The van der Waals surface area contributed by atoms with Crippen molar-refractivity contribution < 1.29 is 4.21 Å². The number of terminal acetylenes is 1. The van der Waals surface area contributed by atoms with Crippen LogP contribution < -0.4 is 5.32 Å². The molecule has 74 valence electrons. The molecule has 0 aromatic heterocycles. The summed E-state index contributed by atoms with van der Waals surface area (Å²) in [5.41, 5.74) is 0. The van der Waals surface area contributed by atoms with Gasteiger partial charge in [0.15, 0.2) is 0 Å². The van der Waals surface area contributed by atoms with E-state index in [-0.39, 0.29) is 6.04 Å². The van der Waals surface area contributed by atoms with Gasteiger partial charge in [0.2, 0.25) is 0 Å². The van der Waals surface area contributed by atoms with E-state index in [9.17, 15) is 4.21 Å². The monoisotopic (exact) mass is 199 g/mol. The molecule has 13 heavy (non-hydrogen) atoms. The fourth-order valence-corrected chi connectivity index (χ4v) is 2.83. The molecule has 1 N–H and O–H groups in total. The second-order valence-corrected chi connectivity index (χ2v) is 5.11. The van der Waals surface area contributed by atoms with E-state index in [2.05, 4.69) is 18.2 Å². The topological polar surface area (TPSA) is 29.1 Å². The van der Waals surface area contributed by atoms with Gasteiger partial charge < -0.3 is 5.32 Å². The highest BCUT2D eigenvalue weighted by molar-refractivity contribution is 7.85. The van der Waals surface area contributed by atoms with E-state index in [1.807, 2.05) is 0 Å². The van der Waals surface area contributed by atoms with Crippen molar-refractivity contribution in [3.05, 3.63) is 0 Å². The van der Waals surface area contributed by atoms with E-state index in [1.54, 1.807) is 0 Å². The third-order valence-electron chi connectivity index (χ3n) is 2.43. The van der Waals surface area contributed by atoms with E-state index in [0.29, 0.717) is 6.04 Å². The molecule has 1 aliphatic rings. The van der Waals surface area contributed by atoms with Crippen LogP contribution in [0.15, 0.2) is 0 Å². The van der Waals surface area contributed by atoms with E-state index < -0.39 is 10.8 Å². The van der Waals surface area contributed by atoms with Gasteiger partial charge in [-0.25, -0.2) is 0 Å². The highest BCUT2D eigenvalue weighted by Crippen LogP contribution is 2.10. The zero-order valence-electron chi connectivity index (χ0n) is 8.08. The molecule has 1 saturated heterocycles. The fraction of sp³-hybridized carbons (Fsp3) is 0.800. The van der Waals surface area contributed by atoms with Gasteiger partial charge in [0, 0.05) is 28.3 Å². The molecule has 1 unspecified atom stereocenters. The molecule has 3 heteroatoms. The molecule has 1 aliphatic heterocycles. The molecule has 0 aromatic rings. The SMILES string of the molecule is C#CC(CC)NC1CCS(=O)CC1. The maximum Gasteiger partial charge on any atom is 0.0686 e. The second-order valence-electron chi connectivity index (χ2n) is 3.42. The highest BCUT2D eigenvalue weighted by atomic mass is 32.2. The Hall–Kier alpha value is -0.330. The Labute approximate surface area is 82.9 Å². The van der Waals surface area contributed by atoms with E-state index in [0.717, 1.165) is 30.8 Å². The first-order valence-corrected chi connectivity index (χ1v) is 6.32. The number of rotatable bonds is 3. The van der Waals surface area contributed by atoms with E-state index in [4.69, 9.17) is 6.42 Å². The number of nitrogens with one attached hydrogen (secondary N) is 1. The molecule has 1 fully saturated rings.